The van der Waals surface area contributed by atoms with Gasteiger partial charge in [0.25, 0.3) is 0 Å². The van der Waals surface area contributed by atoms with Crippen molar-refractivity contribution in [2.45, 2.75) is 33.1 Å². The molecule has 6 nitrogen and oxygen atoms in total. The van der Waals surface area contributed by atoms with Gasteiger partial charge in [0, 0.05) is 22.2 Å². The monoisotopic (exact) mass is 449 g/mol. The van der Waals surface area contributed by atoms with Crippen LogP contribution in [0.5, 0.6) is 23.0 Å². The minimum atomic E-state index is -0.474. The summed E-state index contributed by atoms with van der Waals surface area (Å²) in [7, 11) is 0. The van der Waals surface area contributed by atoms with Gasteiger partial charge in [0.2, 0.25) is 5.75 Å². The van der Waals surface area contributed by atoms with Crippen molar-refractivity contribution in [2.75, 3.05) is 13.2 Å². The summed E-state index contributed by atoms with van der Waals surface area (Å²) in [4.78, 5) is 11.0. The Morgan fingerprint density at radius 3 is 2.46 bits per heavy atom. The molecule has 0 fully saturated rings. The van der Waals surface area contributed by atoms with Crippen molar-refractivity contribution in [3.63, 3.8) is 0 Å². The molecule has 0 aliphatic carbocycles. The first-order valence-corrected chi connectivity index (χ1v) is 9.94. The molecule has 0 aromatic heterocycles. The van der Waals surface area contributed by atoms with Crippen molar-refractivity contribution < 1.29 is 19.1 Å². The summed E-state index contributed by atoms with van der Waals surface area (Å²) < 4.78 is 18.2. The number of nitro benzene ring substituents is 1. The highest BCUT2D eigenvalue weighted by molar-refractivity contribution is 9.10. The fraction of sp³-hybridized carbons (Fsp3) is 0.333. The fourth-order valence-corrected chi connectivity index (χ4v) is 2.86. The molecule has 0 heterocycles. The molecule has 0 unspecified atom stereocenters. The lowest BCUT2D eigenvalue weighted by Gasteiger charge is -2.18. The van der Waals surface area contributed by atoms with Crippen LogP contribution in [0.3, 0.4) is 0 Å². The van der Waals surface area contributed by atoms with E-state index in [-0.39, 0.29) is 11.4 Å². The predicted octanol–water partition coefficient (Wildman–Crippen LogP) is 6.46. The lowest BCUT2D eigenvalue weighted by molar-refractivity contribution is -0.385. The maximum absolute atomic E-state index is 11.4. The SMILES string of the molecule is C=CCc1cc(OCCC)cc(OCCC)c1Oc1ccc(Br)cc1[N+](=O)[O-]. The zero-order valence-electron chi connectivity index (χ0n) is 16.1. The van der Waals surface area contributed by atoms with Crippen LogP contribution in [-0.2, 0) is 6.42 Å². The Morgan fingerprint density at radius 1 is 1.11 bits per heavy atom. The highest BCUT2D eigenvalue weighted by Gasteiger charge is 2.21. The Balaban J connectivity index is 2.53. The highest BCUT2D eigenvalue weighted by Crippen LogP contribution is 2.42. The molecule has 0 radical (unpaired) electrons. The lowest BCUT2D eigenvalue weighted by atomic mass is 10.1. The Kier molecular flexibility index (Phi) is 8.32. The minimum Gasteiger partial charge on any atom is -0.493 e. The third-order valence-corrected chi connectivity index (χ3v) is 4.23. The molecule has 0 saturated carbocycles. The predicted molar refractivity (Wildman–Crippen MR) is 113 cm³/mol. The maximum Gasteiger partial charge on any atom is 0.312 e. The van der Waals surface area contributed by atoms with Crippen molar-refractivity contribution in [2.24, 2.45) is 0 Å². The first kappa shape index (κ1) is 21.8. The van der Waals surface area contributed by atoms with E-state index in [1.165, 1.54) is 6.07 Å². The quantitative estimate of drug-likeness (QED) is 0.223. The van der Waals surface area contributed by atoms with Gasteiger partial charge in [-0.15, -0.1) is 6.58 Å². The van der Waals surface area contributed by atoms with Gasteiger partial charge in [0.05, 0.1) is 18.1 Å². The van der Waals surface area contributed by atoms with Crippen molar-refractivity contribution in [1.82, 2.24) is 0 Å². The standard InChI is InChI=1S/C21H24BrNO5/c1-4-7-15-12-17(26-10-5-2)14-20(27-11-6-3)21(15)28-19-9-8-16(22)13-18(19)23(24)25/h4,8-9,12-14H,1,5-7,10-11H2,2-3H3. The number of benzene rings is 2. The molecule has 28 heavy (non-hydrogen) atoms. The second-order valence-electron chi connectivity index (χ2n) is 6.07. The van der Waals surface area contributed by atoms with Gasteiger partial charge in [-0.3, -0.25) is 10.1 Å². The average Bonchev–Trinajstić information content (AvgIpc) is 2.67. The van der Waals surface area contributed by atoms with E-state index in [9.17, 15) is 10.1 Å². The Labute approximate surface area is 173 Å². The second-order valence-corrected chi connectivity index (χ2v) is 6.99. The highest BCUT2D eigenvalue weighted by atomic mass is 79.9. The lowest BCUT2D eigenvalue weighted by Crippen LogP contribution is -2.03. The van der Waals surface area contributed by atoms with Gasteiger partial charge < -0.3 is 14.2 Å². The molecule has 0 saturated heterocycles. The molecule has 7 heteroatoms. The van der Waals surface area contributed by atoms with E-state index in [0.29, 0.717) is 41.4 Å². The van der Waals surface area contributed by atoms with Crippen LogP contribution in [0.2, 0.25) is 0 Å². The average molecular weight is 450 g/mol. The molecule has 2 aromatic carbocycles. The van der Waals surface area contributed by atoms with Crippen LogP contribution in [0.15, 0.2) is 47.5 Å². The topological polar surface area (TPSA) is 70.8 Å². The molecule has 150 valence electrons. The summed E-state index contributed by atoms with van der Waals surface area (Å²) in [6, 6.07) is 8.29. The normalized spacial score (nSPS) is 10.4. The van der Waals surface area contributed by atoms with Crippen LogP contribution in [0.25, 0.3) is 0 Å². The second kappa shape index (κ2) is 10.7. The minimum absolute atomic E-state index is 0.133. The molecular weight excluding hydrogens is 426 g/mol. The zero-order valence-corrected chi connectivity index (χ0v) is 17.7. The van der Waals surface area contributed by atoms with E-state index in [1.54, 1.807) is 24.3 Å². The van der Waals surface area contributed by atoms with Crippen molar-refractivity contribution >= 4 is 21.6 Å². The third kappa shape index (κ3) is 5.73. The summed E-state index contributed by atoms with van der Waals surface area (Å²) in [5.41, 5.74) is 0.651. The van der Waals surface area contributed by atoms with Crippen molar-refractivity contribution in [3.05, 3.63) is 63.1 Å². The molecule has 0 N–H and O–H groups in total. The van der Waals surface area contributed by atoms with Gasteiger partial charge in [-0.2, -0.15) is 0 Å². The van der Waals surface area contributed by atoms with E-state index in [1.807, 2.05) is 19.9 Å². The summed E-state index contributed by atoms with van der Waals surface area (Å²) >= 11 is 3.26. The molecule has 0 spiro atoms. The van der Waals surface area contributed by atoms with Crippen molar-refractivity contribution in [3.8, 4) is 23.0 Å². The van der Waals surface area contributed by atoms with E-state index < -0.39 is 4.92 Å². The number of allylic oxidation sites excluding steroid dienone is 1. The van der Waals surface area contributed by atoms with Gasteiger partial charge >= 0.3 is 5.69 Å². The summed E-state index contributed by atoms with van der Waals surface area (Å²) in [6.45, 7) is 8.90. The number of hydrogen-bond donors (Lipinski definition) is 0. The van der Waals surface area contributed by atoms with Crippen molar-refractivity contribution in [1.29, 1.82) is 0 Å². The van der Waals surface area contributed by atoms with Gasteiger partial charge in [0.15, 0.2) is 11.5 Å². The molecule has 0 amide bonds. The number of halogens is 1. The van der Waals surface area contributed by atoms with Gasteiger partial charge in [0.1, 0.15) is 5.75 Å². The Hall–Kier alpha value is -2.54. The van der Waals surface area contributed by atoms with E-state index >= 15 is 0 Å². The largest absolute Gasteiger partial charge is 0.493 e. The van der Waals surface area contributed by atoms with Crippen LogP contribution in [0.4, 0.5) is 5.69 Å². The summed E-state index contributed by atoms with van der Waals surface area (Å²) in [5, 5.41) is 11.4. The number of rotatable bonds is 11. The van der Waals surface area contributed by atoms with Crippen LogP contribution in [0, 0.1) is 10.1 Å². The number of ether oxygens (including phenoxy) is 3. The van der Waals surface area contributed by atoms with Crippen LogP contribution < -0.4 is 14.2 Å². The third-order valence-electron chi connectivity index (χ3n) is 3.73. The van der Waals surface area contributed by atoms with Crippen LogP contribution in [0.1, 0.15) is 32.3 Å². The molecule has 0 aliphatic rings. The van der Waals surface area contributed by atoms with Crippen LogP contribution >= 0.6 is 15.9 Å². The zero-order chi connectivity index (χ0) is 20.5. The van der Waals surface area contributed by atoms with Crippen LogP contribution in [-0.4, -0.2) is 18.1 Å². The number of nitro groups is 1. The van der Waals surface area contributed by atoms with Gasteiger partial charge in [-0.05, 0) is 37.5 Å². The van der Waals surface area contributed by atoms with E-state index in [2.05, 4.69) is 22.5 Å². The summed E-state index contributed by atoms with van der Waals surface area (Å²) in [6.07, 6.45) is 3.94. The number of hydrogen-bond acceptors (Lipinski definition) is 5. The Bertz CT molecular complexity index is 838. The maximum atomic E-state index is 11.4. The first-order chi connectivity index (χ1) is 13.5. The summed E-state index contributed by atoms with van der Waals surface area (Å²) in [5.74, 6) is 1.73. The molecular formula is C21H24BrNO5. The van der Waals surface area contributed by atoms with Gasteiger partial charge in [-0.1, -0.05) is 35.9 Å². The van der Waals surface area contributed by atoms with E-state index in [0.717, 1.165) is 18.4 Å². The molecule has 0 bridgehead atoms. The molecule has 0 atom stereocenters. The fourth-order valence-electron chi connectivity index (χ4n) is 2.51. The number of nitrogens with zero attached hydrogens (tertiary/aromatic N) is 1. The molecule has 2 rings (SSSR count). The molecule has 0 aliphatic heterocycles. The Morgan fingerprint density at radius 2 is 1.82 bits per heavy atom. The van der Waals surface area contributed by atoms with Gasteiger partial charge in [-0.25, -0.2) is 0 Å². The molecule has 2 aromatic rings. The smallest absolute Gasteiger partial charge is 0.312 e. The first-order valence-electron chi connectivity index (χ1n) is 9.15. The van der Waals surface area contributed by atoms with E-state index in [4.69, 9.17) is 14.2 Å².